The lowest BCUT2D eigenvalue weighted by molar-refractivity contribution is 0.170. The number of thiazole rings is 1. The Morgan fingerprint density at radius 3 is 2.80 bits per heavy atom. The Morgan fingerprint density at radius 1 is 1.03 bits per heavy atom. The molecule has 0 amide bonds. The first-order valence-corrected chi connectivity index (χ1v) is 11.4. The second kappa shape index (κ2) is 7.45. The summed E-state index contributed by atoms with van der Waals surface area (Å²) in [6.45, 7) is 3.21. The summed E-state index contributed by atoms with van der Waals surface area (Å²) < 4.78 is 13.8. The van der Waals surface area contributed by atoms with Gasteiger partial charge in [0, 0.05) is 29.7 Å². The van der Waals surface area contributed by atoms with Crippen molar-refractivity contribution < 1.29 is 9.47 Å². The molecule has 152 valence electrons. The largest absolute Gasteiger partial charge is 0.486 e. The maximum atomic E-state index is 5.83. The van der Waals surface area contributed by atoms with E-state index in [1.807, 2.05) is 0 Å². The number of aromatic nitrogens is 2. The third kappa shape index (κ3) is 3.07. The van der Waals surface area contributed by atoms with Gasteiger partial charge in [-0.3, -0.25) is 9.30 Å². The first-order valence-electron chi connectivity index (χ1n) is 10.5. The van der Waals surface area contributed by atoms with Crippen LogP contribution >= 0.6 is 11.3 Å². The second-order valence-electron chi connectivity index (χ2n) is 7.86. The lowest BCUT2D eigenvalue weighted by Crippen LogP contribution is -2.24. The minimum Gasteiger partial charge on any atom is -0.486 e. The van der Waals surface area contributed by atoms with Crippen LogP contribution in [0.15, 0.2) is 60.1 Å². The van der Waals surface area contributed by atoms with Crippen molar-refractivity contribution in [2.45, 2.75) is 25.4 Å². The topological polar surface area (TPSA) is 39.0 Å². The summed E-state index contributed by atoms with van der Waals surface area (Å²) in [7, 11) is 0. The van der Waals surface area contributed by atoms with E-state index in [-0.39, 0.29) is 0 Å². The van der Waals surface area contributed by atoms with Gasteiger partial charge in [0.1, 0.15) is 13.2 Å². The monoisotopic (exact) mass is 417 g/mol. The third-order valence-electron chi connectivity index (χ3n) is 6.08. The average Bonchev–Trinajstić information content (AvgIpc) is 3.52. The maximum absolute atomic E-state index is 5.83. The zero-order valence-corrected chi connectivity index (χ0v) is 17.5. The molecule has 1 fully saturated rings. The molecule has 6 heteroatoms. The average molecular weight is 418 g/mol. The van der Waals surface area contributed by atoms with Gasteiger partial charge in [0.2, 0.25) is 0 Å². The number of imidazole rings is 1. The van der Waals surface area contributed by atoms with Crippen LogP contribution in [0.2, 0.25) is 0 Å². The minimum absolute atomic E-state index is 0.383. The number of likely N-dealkylation sites (tertiary alicyclic amines) is 1. The smallest absolute Gasteiger partial charge is 0.194 e. The van der Waals surface area contributed by atoms with Crippen LogP contribution in [0.1, 0.15) is 30.1 Å². The first kappa shape index (κ1) is 18.0. The summed E-state index contributed by atoms with van der Waals surface area (Å²) in [4.78, 5) is 8.60. The van der Waals surface area contributed by atoms with E-state index in [0.29, 0.717) is 19.3 Å². The van der Waals surface area contributed by atoms with Crippen molar-refractivity contribution >= 4 is 16.3 Å². The highest BCUT2D eigenvalue weighted by Gasteiger charge is 2.29. The molecular weight excluding hydrogens is 394 g/mol. The predicted octanol–water partition coefficient (Wildman–Crippen LogP) is 5.17. The van der Waals surface area contributed by atoms with Crippen molar-refractivity contribution in [3.63, 3.8) is 0 Å². The summed E-state index contributed by atoms with van der Waals surface area (Å²) in [6, 6.07) is 17.3. The number of hydrogen-bond acceptors (Lipinski definition) is 5. The van der Waals surface area contributed by atoms with Gasteiger partial charge in [0.25, 0.3) is 0 Å². The van der Waals surface area contributed by atoms with Crippen LogP contribution in [0.3, 0.4) is 0 Å². The molecule has 5 nitrogen and oxygen atoms in total. The molecule has 0 N–H and O–H groups in total. The maximum Gasteiger partial charge on any atom is 0.194 e. The van der Waals surface area contributed by atoms with Gasteiger partial charge >= 0.3 is 0 Å². The van der Waals surface area contributed by atoms with Gasteiger partial charge in [0.05, 0.1) is 11.4 Å². The Morgan fingerprint density at radius 2 is 1.90 bits per heavy atom. The molecule has 2 aromatic heterocycles. The molecule has 4 heterocycles. The molecule has 0 radical (unpaired) electrons. The zero-order valence-electron chi connectivity index (χ0n) is 16.7. The molecule has 2 aromatic carbocycles. The third-order valence-corrected chi connectivity index (χ3v) is 6.83. The van der Waals surface area contributed by atoms with E-state index in [4.69, 9.17) is 14.5 Å². The summed E-state index contributed by atoms with van der Waals surface area (Å²) in [6.07, 6.45) is 4.50. The quantitative estimate of drug-likeness (QED) is 0.459. The highest BCUT2D eigenvalue weighted by Crippen LogP contribution is 2.39. The molecule has 6 rings (SSSR count). The van der Waals surface area contributed by atoms with E-state index in [1.54, 1.807) is 11.3 Å². The van der Waals surface area contributed by atoms with Gasteiger partial charge in [-0.05, 0) is 37.1 Å². The van der Waals surface area contributed by atoms with Gasteiger partial charge in [-0.1, -0.05) is 36.4 Å². The Hall–Kier alpha value is -2.83. The van der Waals surface area contributed by atoms with Crippen LogP contribution < -0.4 is 9.47 Å². The summed E-state index contributed by atoms with van der Waals surface area (Å²) in [5, 5.41) is 2.11. The molecule has 30 heavy (non-hydrogen) atoms. The summed E-state index contributed by atoms with van der Waals surface area (Å²) in [5.41, 5.74) is 4.85. The Bertz CT molecular complexity index is 1180. The fraction of sp³-hybridized carbons (Fsp3) is 0.292. The van der Waals surface area contributed by atoms with Gasteiger partial charge in [-0.25, -0.2) is 4.98 Å². The fourth-order valence-electron chi connectivity index (χ4n) is 4.66. The van der Waals surface area contributed by atoms with E-state index < -0.39 is 0 Å². The van der Waals surface area contributed by atoms with Crippen molar-refractivity contribution in [3.8, 4) is 22.8 Å². The van der Waals surface area contributed by atoms with Gasteiger partial charge in [-0.15, -0.1) is 11.3 Å². The van der Waals surface area contributed by atoms with Crippen molar-refractivity contribution in [1.82, 2.24) is 14.3 Å². The zero-order chi connectivity index (χ0) is 19.9. The van der Waals surface area contributed by atoms with E-state index in [1.165, 1.54) is 23.2 Å². The minimum atomic E-state index is 0.383. The van der Waals surface area contributed by atoms with Gasteiger partial charge in [0.15, 0.2) is 16.5 Å². The van der Waals surface area contributed by atoms with E-state index >= 15 is 0 Å². The van der Waals surface area contributed by atoms with E-state index in [9.17, 15) is 0 Å². The predicted molar refractivity (Wildman–Crippen MR) is 118 cm³/mol. The molecular formula is C24H23N3O2S. The molecule has 0 saturated carbocycles. The lowest BCUT2D eigenvalue weighted by atomic mass is 10.0. The highest BCUT2D eigenvalue weighted by atomic mass is 32.1. The Kier molecular flexibility index (Phi) is 4.47. The number of nitrogens with zero attached hydrogens (tertiary/aromatic N) is 3. The summed E-state index contributed by atoms with van der Waals surface area (Å²) >= 11 is 1.69. The molecule has 2 aliphatic heterocycles. The number of hydrogen-bond donors (Lipinski definition) is 0. The molecule has 0 spiro atoms. The Balaban J connectivity index is 1.35. The first-order chi connectivity index (χ1) is 14.9. The Labute approximate surface area is 179 Å². The van der Waals surface area contributed by atoms with Crippen molar-refractivity contribution in [2.24, 2.45) is 0 Å². The second-order valence-corrected chi connectivity index (χ2v) is 8.73. The molecule has 4 aromatic rings. The SMILES string of the molecule is c1ccc(-c2nc3sccn3c2CN2CCC[C@@H]2c2ccc3c(c2)OCCO3)cc1. The standard InChI is InChI=1S/C24H23N3O2S/c1-2-5-17(6-3-1)23-20(27-11-14-30-24(27)25-23)16-26-10-4-7-19(26)18-8-9-21-22(15-18)29-13-12-28-21/h1-3,5-6,8-9,11,14-15,19H,4,7,10,12-13,16H2/t19-/m1/s1. The van der Waals surface area contributed by atoms with Crippen LogP contribution in [0.25, 0.3) is 16.2 Å². The molecule has 1 atom stereocenters. The molecule has 2 aliphatic rings. The van der Waals surface area contributed by atoms with Crippen LogP contribution in [0, 0.1) is 0 Å². The number of rotatable bonds is 4. The number of ether oxygens (including phenoxy) is 2. The molecule has 0 bridgehead atoms. The number of fused-ring (bicyclic) bond motifs is 2. The molecule has 1 saturated heterocycles. The van der Waals surface area contributed by atoms with Crippen LogP contribution in [0.5, 0.6) is 11.5 Å². The van der Waals surface area contributed by atoms with Crippen molar-refractivity contribution in [1.29, 1.82) is 0 Å². The van der Waals surface area contributed by atoms with E-state index in [0.717, 1.165) is 41.7 Å². The highest BCUT2D eigenvalue weighted by molar-refractivity contribution is 7.15. The van der Waals surface area contributed by atoms with Crippen molar-refractivity contribution in [2.75, 3.05) is 19.8 Å². The van der Waals surface area contributed by atoms with Gasteiger partial charge < -0.3 is 9.47 Å². The van der Waals surface area contributed by atoms with Crippen LogP contribution in [0.4, 0.5) is 0 Å². The van der Waals surface area contributed by atoms with Gasteiger partial charge in [-0.2, -0.15) is 0 Å². The fourth-order valence-corrected chi connectivity index (χ4v) is 5.40. The molecule has 0 aliphatic carbocycles. The van der Waals surface area contributed by atoms with Crippen molar-refractivity contribution in [3.05, 3.63) is 71.4 Å². The number of benzene rings is 2. The lowest BCUT2D eigenvalue weighted by Gasteiger charge is -2.26. The van der Waals surface area contributed by atoms with E-state index in [2.05, 4.69) is 69.4 Å². The van der Waals surface area contributed by atoms with Crippen LogP contribution in [-0.4, -0.2) is 34.0 Å². The summed E-state index contributed by atoms with van der Waals surface area (Å²) in [5.74, 6) is 1.73. The van der Waals surface area contributed by atoms with Crippen LogP contribution in [-0.2, 0) is 6.54 Å². The normalized spacial score (nSPS) is 18.9. The molecule has 0 unspecified atom stereocenters.